The summed E-state index contributed by atoms with van der Waals surface area (Å²) < 4.78 is 17.2. The number of rotatable bonds is 0. The van der Waals surface area contributed by atoms with E-state index >= 15 is 0 Å². The van der Waals surface area contributed by atoms with Crippen molar-refractivity contribution in [2.45, 2.75) is 0 Å². The van der Waals surface area contributed by atoms with Crippen LogP contribution in [-0.2, 0) is 0 Å². The molecule has 0 bridgehead atoms. The molecular weight excluding hydrogens is 157 g/mol. The molecule has 0 aliphatic rings. The van der Waals surface area contributed by atoms with E-state index in [4.69, 9.17) is 9.68 Å². The van der Waals surface area contributed by atoms with Crippen LogP contribution in [0.15, 0.2) is 28.7 Å². The second-order valence-corrected chi connectivity index (χ2v) is 2.41. The number of benzene rings is 1. The summed E-state index contributed by atoms with van der Waals surface area (Å²) in [4.78, 5) is 0. The van der Waals surface area contributed by atoms with Crippen LogP contribution in [0.4, 0.5) is 4.39 Å². The average Bonchev–Trinajstić information content (AvgIpc) is 2.43. The third-order valence-electron chi connectivity index (χ3n) is 1.62. The molecule has 0 unspecified atom stereocenters. The second kappa shape index (κ2) is 2.35. The molecule has 2 aromatic rings. The predicted molar refractivity (Wildman–Crippen MR) is 40.9 cm³/mol. The first-order valence-corrected chi connectivity index (χ1v) is 3.39. The van der Waals surface area contributed by atoms with Gasteiger partial charge >= 0.3 is 0 Å². The lowest BCUT2D eigenvalue weighted by Crippen LogP contribution is -1.70. The Kier molecular flexibility index (Phi) is 1.34. The zero-order valence-corrected chi connectivity index (χ0v) is 6.04. The molecule has 0 radical (unpaired) electrons. The van der Waals surface area contributed by atoms with Gasteiger partial charge in [0.1, 0.15) is 5.58 Å². The number of hydrogen-bond acceptors (Lipinski definition) is 2. The van der Waals surface area contributed by atoms with E-state index in [1.165, 1.54) is 6.07 Å². The van der Waals surface area contributed by atoms with Crippen LogP contribution < -0.4 is 0 Å². The Hall–Kier alpha value is -1.82. The highest BCUT2D eigenvalue weighted by Crippen LogP contribution is 2.19. The highest BCUT2D eigenvalue weighted by atomic mass is 19.1. The van der Waals surface area contributed by atoms with Crippen LogP contribution in [0.5, 0.6) is 0 Å². The van der Waals surface area contributed by atoms with Crippen LogP contribution in [0.2, 0.25) is 0 Å². The zero-order valence-electron chi connectivity index (χ0n) is 6.04. The number of furan rings is 1. The summed E-state index contributed by atoms with van der Waals surface area (Å²) in [7, 11) is 0. The van der Waals surface area contributed by atoms with Gasteiger partial charge in [-0.15, -0.1) is 0 Å². The summed E-state index contributed by atoms with van der Waals surface area (Å²) in [6.07, 6.45) is 0. The monoisotopic (exact) mass is 161 g/mol. The van der Waals surface area contributed by atoms with Crippen molar-refractivity contribution in [2.24, 2.45) is 0 Å². The minimum absolute atomic E-state index is 0.464. The maximum atomic E-state index is 12.5. The fourth-order valence-electron chi connectivity index (χ4n) is 1.08. The minimum atomic E-state index is -0.625. The van der Waals surface area contributed by atoms with E-state index in [0.717, 1.165) is 0 Å². The number of halogens is 1. The molecule has 2 nitrogen and oxygen atoms in total. The van der Waals surface area contributed by atoms with Gasteiger partial charge in [-0.25, -0.2) is 0 Å². The molecule has 0 atom stereocenters. The van der Waals surface area contributed by atoms with Crippen molar-refractivity contribution >= 4 is 11.0 Å². The molecule has 58 valence electrons. The van der Waals surface area contributed by atoms with Crippen molar-refractivity contribution in [3.63, 3.8) is 0 Å². The molecule has 0 aliphatic carbocycles. The van der Waals surface area contributed by atoms with Gasteiger partial charge in [0.2, 0.25) is 0 Å². The van der Waals surface area contributed by atoms with E-state index in [2.05, 4.69) is 0 Å². The summed E-state index contributed by atoms with van der Waals surface area (Å²) >= 11 is 0. The Morgan fingerprint density at radius 2 is 2.17 bits per heavy atom. The van der Waals surface area contributed by atoms with Crippen molar-refractivity contribution in [3.8, 4) is 6.07 Å². The van der Waals surface area contributed by atoms with Gasteiger partial charge in [-0.1, -0.05) is 0 Å². The predicted octanol–water partition coefficient (Wildman–Crippen LogP) is 2.44. The number of nitriles is 1. The number of hydrogen-bond donors (Lipinski definition) is 0. The highest BCUT2D eigenvalue weighted by molar-refractivity contribution is 5.78. The van der Waals surface area contributed by atoms with Crippen molar-refractivity contribution in [1.82, 2.24) is 0 Å². The largest absolute Gasteiger partial charge is 0.431 e. The lowest BCUT2D eigenvalue weighted by Gasteiger charge is -1.86. The van der Waals surface area contributed by atoms with Gasteiger partial charge in [-0.2, -0.15) is 9.65 Å². The van der Waals surface area contributed by atoms with Gasteiger partial charge in [0.25, 0.3) is 6.01 Å². The standard InChI is InChI=1S/C9H4FNO/c10-9-4-7-3-6(5-11)1-2-8(7)12-9/h1-4H. The van der Waals surface area contributed by atoms with E-state index in [0.29, 0.717) is 16.5 Å². The first-order valence-electron chi connectivity index (χ1n) is 3.39. The van der Waals surface area contributed by atoms with Gasteiger partial charge in [-0.3, -0.25) is 0 Å². The topological polar surface area (TPSA) is 36.9 Å². The summed E-state index contributed by atoms with van der Waals surface area (Å²) in [5.74, 6) is 0. The third-order valence-corrected chi connectivity index (χ3v) is 1.62. The fraction of sp³-hybridized carbons (Fsp3) is 0. The van der Waals surface area contributed by atoms with Crippen LogP contribution in [0.3, 0.4) is 0 Å². The SMILES string of the molecule is N#Cc1ccc2oc(F)cc2c1. The maximum Gasteiger partial charge on any atom is 0.278 e. The van der Waals surface area contributed by atoms with Crippen molar-refractivity contribution < 1.29 is 8.81 Å². The van der Waals surface area contributed by atoms with E-state index < -0.39 is 6.01 Å². The summed E-state index contributed by atoms with van der Waals surface area (Å²) in [5.41, 5.74) is 0.967. The summed E-state index contributed by atoms with van der Waals surface area (Å²) in [6, 6.07) is 7.35. The van der Waals surface area contributed by atoms with Crippen molar-refractivity contribution in [3.05, 3.63) is 35.8 Å². The third kappa shape index (κ3) is 0.940. The molecule has 2 rings (SSSR count). The lowest BCUT2D eigenvalue weighted by atomic mass is 10.2. The number of fused-ring (bicyclic) bond motifs is 1. The smallest absolute Gasteiger partial charge is 0.278 e. The summed E-state index contributed by atoms with van der Waals surface area (Å²) in [6.45, 7) is 0. The van der Waals surface area contributed by atoms with Gasteiger partial charge in [-0.05, 0) is 18.2 Å². The van der Waals surface area contributed by atoms with E-state index in [1.807, 2.05) is 6.07 Å². The Balaban J connectivity index is 2.77. The van der Waals surface area contributed by atoms with Crippen LogP contribution in [0, 0.1) is 17.3 Å². The molecule has 0 amide bonds. The normalized spacial score (nSPS) is 10.0. The molecule has 1 heterocycles. The molecule has 12 heavy (non-hydrogen) atoms. The number of nitrogens with zero attached hydrogens (tertiary/aromatic N) is 1. The van der Waals surface area contributed by atoms with Crippen molar-refractivity contribution in [2.75, 3.05) is 0 Å². The van der Waals surface area contributed by atoms with Crippen molar-refractivity contribution in [1.29, 1.82) is 5.26 Å². The fourth-order valence-corrected chi connectivity index (χ4v) is 1.08. The molecule has 1 aromatic heterocycles. The van der Waals surface area contributed by atoms with E-state index in [1.54, 1.807) is 18.2 Å². The second-order valence-electron chi connectivity index (χ2n) is 2.41. The molecule has 3 heteroatoms. The van der Waals surface area contributed by atoms with E-state index in [9.17, 15) is 4.39 Å². The molecule has 0 fully saturated rings. The van der Waals surface area contributed by atoms with Gasteiger partial charge in [0.05, 0.1) is 11.6 Å². The minimum Gasteiger partial charge on any atom is -0.431 e. The molecule has 0 saturated heterocycles. The van der Waals surface area contributed by atoms with Crippen LogP contribution in [0.25, 0.3) is 11.0 Å². The highest BCUT2D eigenvalue weighted by Gasteiger charge is 2.02. The molecule has 0 spiro atoms. The van der Waals surface area contributed by atoms with Gasteiger partial charge in [0, 0.05) is 11.5 Å². The molecule has 0 saturated carbocycles. The average molecular weight is 161 g/mol. The Morgan fingerprint density at radius 3 is 2.92 bits per heavy atom. The first kappa shape index (κ1) is 6.86. The van der Waals surface area contributed by atoms with E-state index in [-0.39, 0.29) is 0 Å². The maximum absolute atomic E-state index is 12.5. The Labute approximate surface area is 67.8 Å². The molecule has 0 aliphatic heterocycles. The van der Waals surface area contributed by atoms with Crippen LogP contribution >= 0.6 is 0 Å². The molecule has 1 aromatic carbocycles. The lowest BCUT2D eigenvalue weighted by molar-refractivity contribution is 0.381. The zero-order chi connectivity index (χ0) is 8.55. The Bertz CT molecular complexity index is 467. The van der Waals surface area contributed by atoms with Gasteiger partial charge < -0.3 is 4.42 Å². The van der Waals surface area contributed by atoms with Crippen LogP contribution in [0.1, 0.15) is 5.56 Å². The molecular formula is C9H4FNO. The van der Waals surface area contributed by atoms with Crippen LogP contribution in [-0.4, -0.2) is 0 Å². The molecule has 0 N–H and O–H groups in total. The quantitative estimate of drug-likeness (QED) is 0.595. The Morgan fingerprint density at radius 1 is 1.33 bits per heavy atom. The first-order chi connectivity index (χ1) is 5.79. The summed E-state index contributed by atoms with van der Waals surface area (Å²) in [5, 5.41) is 9.15. The van der Waals surface area contributed by atoms with Gasteiger partial charge in [0.15, 0.2) is 0 Å².